The highest BCUT2D eigenvalue weighted by atomic mass is 35.5. The maximum atomic E-state index is 12.1. The van der Waals surface area contributed by atoms with Crippen LogP contribution < -0.4 is 5.32 Å². The second-order valence-electron chi connectivity index (χ2n) is 6.24. The van der Waals surface area contributed by atoms with Crippen molar-refractivity contribution in [1.82, 2.24) is 10.3 Å². The van der Waals surface area contributed by atoms with Gasteiger partial charge in [-0.2, -0.15) is 0 Å². The second-order valence-corrected chi connectivity index (χ2v) is 6.67. The van der Waals surface area contributed by atoms with Gasteiger partial charge in [-0.3, -0.25) is 4.79 Å². The van der Waals surface area contributed by atoms with E-state index in [4.69, 9.17) is 16.0 Å². The lowest BCUT2D eigenvalue weighted by molar-refractivity contribution is 0.0903. The molecule has 1 N–H and O–H groups in total. The Bertz CT molecular complexity index is 685. The predicted molar refractivity (Wildman–Crippen MR) is 83.2 cm³/mol. The van der Waals surface area contributed by atoms with Crippen molar-refractivity contribution in [3.05, 3.63) is 52.7 Å². The Balaban J connectivity index is 1.31. The van der Waals surface area contributed by atoms with Crippen LogP contribution in [0.4, 0.5) is 0 Å². The quantitative estimate of drug-likeness (QED) is 0.931. The monoisotopic (exact) mass is 316 g/mol. The Kier molecular flexibility index (Phi) is 3.41. The number of hydrogen-bond donors (Lipinski definition) is 1. The van der Waals surface area contributed by atoms with E-state index in [9.17, 15) is 4.79 Å². The highest BCUT2D eigenvalue weighted by Crippen LogP contribution is 2.39. The van der Waals surface area contributed by atoms with Crippen LogP contribution in [-0.2, 0) is 0 Å². The van der Waals surface area contributed by atoms with E-state index in [2.05, 4.69) is 22.4 Å². The van der Waals surface area contributed by atoms with Gasteiger partial charge < -0.3 is 9.73 Å². The fourth-order valence-electron chi connectivity index (χ4n) is 2.91. The minimum absolute atomic E-state index is 0.129. The number of benzene rings is 1. The standard InChI is InChI=1S/C17H17ClN2O2/c18-13-5-3-10(4-6-13)12-7-14(8-12)19-16(21)15-9-22-17(20-15)11-1-2-11/h3-6,9,11-12,14H,1-2,7-8H2,(H,19,21). The Hall–Kier alpha value is -1.81. The van der Waals surface area contributed by atoms with Crippen LogP contribution in [0.15, 0.2) is 34.9 Å². The molecule has 0 unspecified atom stereocenters. The summed E-state index contributed by atoms with van der Waals surface area (Å²) in [5.41, 5.74) is 1.68. The van der Waals surface area contributed by atoms with E-state index in [1.54, 1.807) is 0 Å². The van der Waals surface area contributed by atoms with Crippen LogP contribution in [0, 0.1) is 0 Å². The van der Waals surface area contributed by atoms with Gasteiger partial charge in [0.1, 0.15) is 6.26 Å². The van der Waals surface area contributed by atoms with E-state index >= 15 is 0 Å². The van der Waals surface area contributed by atoms with Crippen molar-refractivity contribution in [2.24, 2.45) is 0 Å². The molecule has 1 aromatic heterocycles. The molecule has 4 rings (SSSR count). The number of amides is 1. The normalized spacial score (nSPS) is 23.9. The lowest BCUT2D eigenvalue weighted by Crippen LogP contribution is -2.43. The van der Waals surface area contributed by atoms with Crippen LogP contribution in [0.2, 0.25) is 5.02 Å². The Morgan fingerprint density at radius 1 is 1.18 bits per heavy atom. The molecule has 1 heterocycles. The Morgan fingerprint density at radius 2 is 1.91 bits per heavy atom. The number of carbonyl (C=O) groups is 1. The zero-order valence-electron chi connectivity index (χ0n) is 12.1. The largest absolute Gasteiger partial charge is 0.448 e. The summed E-state index contributed by atoms with van der Waals surface area (Å²) in [4.78, 5) is 16.4. The number of nitrogens with zero attached hydrogens (tertiary/aromatic N) is 1. The van der Waals surface area contributed by atoms with Gasteiger partial charge >= 0.3 is 0 Å². The van der Waals surface area contributed by atoms with E-state index in [0.29, 0.717) is 23.4 Å². The van der Waals surface area contributed by atoms with Gasteiger partial charge in [0.25, 0.3) is 5.91 Å². The fourth-order valence-corrected chi connectivity index (χ4v) is 3.04. The van der Waals surface area contributed by atoms with Crippen molar-refractivity contribution in [2.75, 3.05) is 0 Å². The Morgan fingerprint density at radius 3 is 2.59 bits per heavy atom. The van der Waals surface area contributed by atoms with Gasteiger partial charge in [0, 0.05) is 17.0 Å². The molecule has 5 heteroatoms. The van der Waals surface area contributed by atoms with Crippen LogP contribution in [0.5, 0.6) is 0 Å². The summed E-state index contributed by atoms with van der Waals surface area (Å²) in [5, 5.41) is 3.78. The van der Waals surface area contributed by atoms with E-state index in [0.717, 1.165) is 30.7 Å². The molecule has 0 bridgehead atoms. The molecular weight excluding hydrogens is 300 g/mol. The van der Waals surface area contributed by atoms with Gasteiger partial charge in [-0.1, -0.05) is 23.7 Å². The topological polar surface area (TPSA) is 55.1 Å². The lowest BCUT2D eigenvalue weighted by atomic mass is 9.76. The third-order valence-electron chi connectivity index (χ3n) is 4.50. The molecule has 2 aliphatic carbocycles. The molecule has 114 valence electrons. The number of halogens is 1. The smallest absolute Gasteiger partial charge is 0.273 e. The molecule has 22 heavy (non-hydrogen) atoms. The third-order valence-corrected chi connectivity index (χ3v) is 4.75. The van der Waals surface area contributed by atoms with Crippen molar-refractivity contribution in [1.29, 1.82) is 0 Å². The maximum absolute atomic E-state index is 12.1. The average Bonchev–Trinajstić information content (AvgIpc) is 3.21. The molecule has 1 aromatic carbocycles. The first kappa shape index (κ1) is 13.8. The van der Waals surface area contributed by atoms with Crippen LogP contribution >= 0.6 is 11.6 Å². The molecule has 0 atom stereocenters. The van der Waals surface area contributed by atoms with E-state index in [-0.39, 0.29) is 11.9 Å². The van der Waals surface area contributed by atoms with Crippen LogP contribution in [0.3, 0.4) is 0 Å². The molecule has 2 saturated carbocycles. The SMILES string of the molecule is O=C(NC1CC(c2ccc(Cl)cc2)C1)c1coc(C2CC2)n1. The van der Waals surface area contributed by atoms with Crippen molar-refractivity contribution in [3.63, 3.8) is 0 Å². The van der Waals surface area contributed by atoms with Crippen LogP contribution in [0.25, 0.3) is 0 Å². The first-order valence-electron chi connectivity index (χ1n) is 7.71. The fraction of sp³-hybridized carbons (Fsp3) is 0.412. The number of carbonyl (C=O) groups excluding carboxylic acids is 1. The molecule has 2 aromatic rings. The third kappa shape index (κ3) is 2.75. The van der Waals surface area contributed by atoms with Crippen molar-refractivity contribution in [3.8, 4) is 0 Å². The first-order chi connectivity index (χ1) is 10.7. The summed E-state index contributed by atoms with van der Waals surface area (Å²) in [6.45, 7) is 0. The van der Waals surface area contributed by atoms with E-state index in [1.165, 1.54) is 11.8 Å². The zero-order valence-corrected chi connectivity index (χ0v) is 12.8. The molecule has 2 fully saturated rings. The summed E-state index contributed by atoms with van der Waals surface area (Å²) in [6, 6.07) is 8.17. The van der Waals surface area contributed by atoms with E-state index < -0.39 is 0 Å². The highest BCUT2D eigenvalue weighted by molar-refractivity contribution is 6.30. The summed E-state index contributed by atoms with van der Waals surface area (Å²) in [6.07, 6.45) is 5.62. The Labute approximate surface area is 133 Å². The summed E-state index contributed by atoms with van der Waals surface area (Å²) in [7, 11) is 0. The van der Waals surface area contributed by atoms with Gasteiger partial charge in [0.05, 0.1) is 0 Å². The number of rotatable bonds is 4. The number of nitrogens with one attached hydrogen (secondary N) is 1. The van der Waals surface area contributed by atoms with Crippen molar-refractivity contribution >= 4 is 17.5 Å². The minimum Gasteiger partial charge on any atom is -0.448 e. The molecule has 1 amide bonds. The van der Waals surface area contributed by atoms with Gasteiger partial charge in [0.15, 0.2) is 11.6 Å². The van der Waals surface area contributed by atoms with Crippen LogP contribution in [-0.4, -0.2) is 16.9 Å². The zero-order chi connectivity index (χ0) is 15.1. The number of oxazole rings is 1. The molecule has 4 nitrogen and oxygen atoms in total. The van der Waals surface area contributed by atoms with Gasteiger partial charge in [-0.25, -0.2) is 4.98 Å². The summed E-state index contributed by atoms with van der Waals surface area (Å²) >= 11 is 5.90. The predicted octanol–water partition coefficient (Wildman–Crippen LogP) is 3.88. The van der Waals surface area contributed by atoms with E-state index in [1.807, 2.05) is 12.1 Å². The van der Waals surface area contributed by atoms with Gasteiger partial charge in [-0.05, 0) is 49.3 Å². The molecule has 0 aliphatic heterocycles. The first-order valence-corrected chi connectivity index (χ1v) is 8.08. The van der Waals surface area contributed by atoms with Gasteiger partial charge in [0.2, 0.25) is 0 Å². The highest BCUT2D eigenvalue weighted by Gasteiger charge is 2.33. The maximum Gasteiger partial charge on any atom is 0.273 e. The second kappa shape index (κ2) is 5.43. The lowest BCUT2D eigenvalue weighted by Gasteiger charge is -2.36. The molecule has 2 aliphatic rings. The molecule has 0 saturated heterocycles. The average molecular weight is 317 g/mol. The summed E-state index contributed by atoms with van der Waals surface area (Å²) in [5.74, 6) is 1.51. The molecular formula is C17H17ClN2O2. The molecule has 0 spiro atoms. The number of aromatic nitrogens is 1. The van der Waals surface area contributed by atoms with Gasteiger partial charge in [-0.15, -0.1) is 0 Å². The van der Waals surface area contributed by atoms with Crippen LogP contribution in [0.1, 0.15) is 59.5 Å². The summed E-state index contributed by atoms with van der Waals surface area (Å²) < 4.78 is 5.36. The molecule has 0 radical (unpaired) electrons. The minimum atomic E-state index is -0.129. The number of hydrogen-bond acceptors (Lipinski definition) is 3. The van der Waals surface area contributed by atoms with Crippen molar-refractivity contribution < 1.29 is 9.21 Å². The van der Waals surface area contributed by atoms with Crippen molar-refractivity contribution in [2.45, 2.75) is 43.6 Å².